The van der Waals surface area contributed by atoms with E-state index in [9.17, 15) is 8.78 Å². The molecule has 2 rings (SSSR count). The number of benzene rings is 1. The topological polar surface area (TPSA) is 15.3 Å². The van der Waals surface area contributed by atoms with Crippen LogP contribution < -0.4 is 10.2 Å². The van der Waals surface area contributed by atoms with Gasteiger partial charge in [0.2, 0.25) is 0 Å². The average molecular weight is 254 g/mol. The van der Waals surface area contributed by atoms with Crippen LogP contribution in [0.1, 0.15) is 26.7 Å². The molecule has 100 valence electrons. The average Bonchev–Trinajstić information content (AvgIpc) is 2.31. The molecule has 1 aromatic carbocycles. The smallest absolute Gasteiger partial charge is 0.160 e. The first-order chi connectivity index (χ1) is 8.56. The first-order valence-electron chi connectivity index (χ1n) is 6.52. The maximum atomic E-state index is 13.3. The lowest BCUT2D eigenvalue weighted by atomic mass is 10.1. The van der Waals surface area contributed by atoms with Crippen LogP contribution in [-0.4, -0.2) is 25.2 Å². The van der Waals surface area contributed by atoms with E-state index in [1.807, 2.05) is 0 Å². The number of hydrogen-bond donors (Lipinski definition) is 1. The molecular formula is C14H20F2N2. The number of anilines is 1. The quantitative estimate of drug-likeness (QED) is 0.829. The monoisotopic (exact) mass is 254 g/mol. The minimum absolute atomic E-state index is 0.452. The lowest BCUT2D eigenvalue weighted by Crippen LogP contribution is -2.43. The van der Waals surface area contributed by atoms with E-state index in [4.69, 9.17) is 0 Å². The number of halogens is 2. The molecule has 1 fully saturated rings. The maximum absolute atomic E-state index is 13.3. The minimum Gasteiger partial charge on any atom is -0.371 e. The van der Waals surface area contributed by atoms with Crippen LogP contribution in [-0.2, 0) is 0 Å². The molecule has 0 bridgehead atoms. The standard InChI is InChI=1S/C14H20F2N2/c1-10-5-7-18(8-6-11(2)17-10)12-3-4-13(15)14(16)9-12/h3-4,9-11,17H,5-8H2,1-2H3. The highest BCUT2D eigenvalue weighted by Crippen LogP contribution is 2.20. The summed E-state index contributed by atoms with van der Waals surface area (Å²) in [6.45, 7) is 6.05. The van der Waals surface area contributed by atoms with Crippen LogP contribution >= 0.6 is 0 Å². The van der Waals surface area contributed by atoms with Crippen molar-refractivity contribution in [1.82, 2.24) is 5.32 Å². The largest absolute Gasteiger partial charge is 0.371 e. The van der Waals surface area contributed by atoms with Crippen molar-refractivity contribution in [3.05, 3.63) is 29.8 Å². The second-order valence-electron chi connectivity index (χ2n) is 5.13. The second-order valence-corrected chi connectivity index (χ2v) is 5.13. The molecule has 0 saturated carbocycles. The molecule has 4 heteroatoms. The number of nitrogens with zero attached hydrogens (tertiary/aromatic N) is 1. The van der Waals surface area contributed by atoms with Crippen molar-refractivity contribution in [2.45, 2.75) is 38.8 Å². The summed E-state index contributed by atoms with van der Waals surface area (Å²) in [6, 6.07) is 5.05. The summed E-state index contributed by atoms with van der Waals surface area (Å²) in [5.74, 6) is -1.55. The van der Waals surface area contributed by atoms with Gasteiger partial charge in [-0.05, 0) is 38.8 Å². The van der Waals surface area contributed by atoms with E-state index in [2.05, 4.69) is 24.1 Å². The second kappa shape index (κ2) is 5.65. The van der Waals surface area contributed by atoms with Gasteiger partial charge in [-0.25, -0.2) is 8.78 Å². The molecule has 2 atom stereocenters. The summed E-state index contributed by atoms with van der Waals surface area (Å²) < 4.78 is 26.2. The van der Waals surface area contributed by atoms with Crippen LogP contribution in [0.2, 0.25) is 0 Å². The van der Waals surface area contributed by atoms with Crippen LogP contribution in [0.25, 0.3) is 0 Å². The van der Waals surface area contributed by atoms with E-state index >= 15 is 0 Å². The highest BCUT2D eigenvalue weighted by Gasteiger charge is 2.17. The Hall–Kier alpha value is -1.16. The van der Waals surface area contributed by atoms with Crippen molar-refractivity contribution in [1.29, 1.82) is 0 Å². The Balaban J connectivity index is 2.12. The molecule has 1 saturated heterocycles. The Labute approximate surface area is 107 Å². The Morgan fingerprint density at radius 1 is 1.06 bits per heavy atom. The van der Waals surface area contributed by atoms with E-state index in [1.54, 1.807) is 6.07 Å². The Kier molecular flexibility index (Phi) is 4.17. The van der Waals surface area contributed by atoms with Gasteiger partial charge in [0.25, 0.3) is 0 Å². The SMILES string of the molecule is CC1CCN(c2ccc(F)c(F)c2)CCC(C)N1. The molecule has 0 amide bonds. The summed E-state index contributed by atoms with van der Waals surface area (Å²) in [4.78, 5) is 2.14. The molecule has 0 aromatic heterocycles. The van der Waals surface area contributed by atoms with Crippen molar-refractivity contribution in [3.8, 4) is 0 Å². The molecule has 1 aliphatic rings. The van der Waals surface area contributed by atoms with Crippen LogP contribution in [0.4, 0.5) is 14.5 Å². The maximum Gasteiger partial charge on any atom is 0.160 e. The molecule has 18 heavy (non-hydrogen) atoms. The fourth-order valence-electron chi connectivity index (χ4n) is 2.40. The highest BCUT2D eigenvalue weighted by atomic mass is 19.2. The van der Waals surface area contributed by atoms with Gasteiger partial charge in [-0.3, -0.25) is 0 Å². The number of nitrogens with one attached hydrogen (secondary N) is 1. The van der Waals surface area contributed by atoms with Crippen LogP contribution in [0.5, 0.6) is 0 Å². The summed E-state index contributed by atoms with van der Waals surface area (Å²) in [7, 11) is 0. The van der Waals surface area contributed by atoms with E-state index in [0.29, 0.717) is 12.1 Å². The van der Waals surface area contributed by atoms with Gasteiger partial charge in [-0.15, -0.1) is 0 Å². The fraction of sp³-hybridized carbons (Fsp3) is 0.571. The highest BCUT2D eigenvalue weighted by molar-refractivity contribution is 5.46. The van der Waals surface area contributed by atoms with Crippen molar-refractivity contribution in [3.63, 3.8) is 0 Å². The van der Waals surface area contributed by atoms with Crippen LogP contribution in [0, 0.1) is 11.6 Å². The normalized spacial score (nSPS) is 25.7. The Morgan fingerprint density at radius 3 is 2.22 bits per heavy atom. The lowest BCUT2D eigenvalue weighted by molar-refractivity contribution is 0.404. The molecule has 2 unspecified atom stereocenters. The lowest BCUT2D eigenvalue weighted by Gasteiger charge is -2.32. The molecule has 0 aliphatic carbocycles. The van der Waals surface area contributed by atoms with E-state index < -0.39 is 11.6 Å². The van der Waals surface area contributed by atoms with E-state index in [1.165, 1.54) is 12.1 Å². The zero-order chi connectivity index (χ0) is 13.1. The van der Waals surface area contributed by atoms with Gasteiger partial charge in [0.05, 0.1) is 0 Å². The molecule has 1 N–H and O–H groups in total. The Bertz CT molecular complexity index is 397. The summed E-state index contributed by atoms with van der Waals surface area (Å²) >= 11 is 0. The van der Waals surface area contributed by atoms with Gasteiger partial charge in [-0.2, -0.15) is 0 Å². The molecule has 0 spiro atoms. The third-order valence-electron chi connectivity index (χ3n) is 3.50. The van der Waals surface area contributed by atoms with Gasteiger partial charge in [0, 0.05) is 36.9 Å². The summed E-state index contributed by atoms with van der Waals surface area (Å²) in [5, 5.41) is 3.51. The third kappa shape index (κ3) is 3.19. The number of hydrogen-bond acceptors (Lipinski definition) is 2. The minimum atomic E-state index is -0.783. The van der Waals surface area contributed by atoms with Gasteiger partial charge in [0.15, 0.2) is 11.6 Å². The zero-order valence-corrected chi connectivity index (χ0v) is 10.9. The van der Waals surface area contributed by atoms with Gasteiger partial charge < -0.3 is 10.2 Å². The van der Waals surface area contributed by atoms with Gasteiger partial charge >= 0.3 is 0 Å². The molecule has 1 aromatic rings. The van der Waals surface area contributed by atoms with Gasteiger partial charge in [-0.1, -0.05) is 0 Å². The molecule has 1 aliphatic heterocycles. The summed E-state index contributed by atoms with van der Waals surface area (Å²) in [6.07, 6.45) is 2.01. The van der Waals surface area contributed by atoms with Gasteiger partial charge in [0.1, 0.15) is 0 Å². The Morgan fingerprint density at radius 2 is 1.67 bits per heavy atom. The van der Waals surface area contributed by atoms with Crippen molar-refractivity contribution in [2.75, 3.05) is 18.0 Å². The van der Waals surface area contributed by atoms with Crippen LogP contribution in [0.3, 0.4) is 0 Å². The van der Waals surface area contributed by atoms with E-state index in [-0.39, 0.29) is 0 Å². The molecule has 0 radical (unpaired) electrons. The predicted octanol–water partition coefficient (Wildman–Crippen LogP) is 2.93. The van der Waals surface area contributed by atoms with Crippen molar-refractivity contribution >= 4 is 5.69 Å². The predicted molar refractivity (Wildman–Crippen MR) is 69.9 cm³/mol. The summed E-state index contributed by atoms with van der Waals surface area (Å²) in [5.41, 5.74) is 0.773. The zero-order valence-electron chi connectivity index (χ0n) is 10.9. The van der Waals surface area contributed by atoms with Crippen molar-refractivity contribution < 1.29 is 8.78 Å². The third-order valence-corrected chi connectivity index (χ3v) is 3.50. The number of rotatable bonds is 1. The molecular weight excluding hydrogens is 234 g/mol. The first kappa shape index (κ1) is 13.3. The van der Waals surface area contributed by atoms with E-state index in [0.717, 1.165) is 31.6 Å². The van der Waals surface area contributed by atoms with Crippen LogP contribution in [0.15, 0.2) is 18.2 Å². The van der Waals surface area contributed by atoms with Crippen molar-refractivity contribution in [2.24, 2.45) is 0 Å². The molecule has 2 nitrogen and oxygen atoms in total. The molecule has 1 heterocycles. The first-order valence-corrected chi connectivity index (χ1v) is 6.52. The fourth-order valence-corrected chi connectivity index (χ4v) is 2.40.